The van der Waals surface area contributed by atoms with Crippen LogP contribution in [-0.2, 0) is 17.9 Å². The fourth-order valence-electron chi connectivity index (χ4n) is 6.15. The van der Waals surface area contributed by atoms with Crippen molar-refractivity contribution >= 4 is 11.6 Å². The minimum Gasteiger partial charge on any atom is -0.368 e. The van der Waals surface area contributed by atoms with Crippen LogP contribution in [0, 0.1) is 17.2 Å². The molecule has 31 heavy (non-hydrogen) atoms. The van der Waals surface area contributed by atoms with E-state index in [0.717, 1.165) is 50.9 Å². The summed E-state index contributed by atoms with van der Waals surface area (Å²) in [4.78, 5) is 15.4. The van der Waals surface area contributed by atoms with Crippen molar-refractivity contribution in [3.8, 4) is 6.07 Å². The zero-order valence-corrected chi connectivity index (χ0v) is 18.7. The lowest BCUT2D eigenvalue weighted by atomic mass is 9.86. The molecule has 0 bridgehead atoms. The molecular formula is C24H34N6O. The molecule has 1 aromatic carbocycles. The summed E-state index contributed by atoms with van der Waals surface area (Å²) in [6.45, 7) is 7.17. The molecule has 3 heterocycles. The monoisotopic (exact) mass is 422 g/mol. The molecule has 1 aliphatic carbocycles. The van der Waals surface area contributed by atoms with Crippen molar-refractivity contribution in [2.45, 2.75) is 89.3 Å². The van der Waals surface area contributed by atoms with E-state index in [9.17, 15) is 10.1 Å². The van der Waals surface area contributed by atoms with Gasteiger partial charge in [-0.2, -0.15) is 5.26 Å². The van der Waals surface area contributed by atoms with Gasteiger partial charge >= 0.3 is 0 Å². The molecule has 3 fully saturated rings. The Kier molecular flexibility index (Phi) is 5.41. The molecule has 1 aromatic rings. The van der Waals surface area contributed by atoms with Gasteiger partial charge in [0.05, 0.1) is 18.4 Å². The Morgan fingerprint density at radius 3 is 2.77 bits per heavy atom. The van der Waals surface area contributed by atoms with Crippen LogP contribution in [0.15, 0.2) is 18.2 Å². The molecule has 0 radical (unpaired) electrons. The van der Waals surface area contributed by atoms with E-state index in [1.165, 1.54) is 11.1 Å². The van der Waals surface area contributed by atoms with Crippen molar-refractivity contribution in [3.63, 3.8) is 0 Å². The predicted molar refractivity (Wildman–Crippen MR) is 120 cm³/mol. The van der Waals surface area contributed by atoms with E-state index in [4.69, 9.17) is 0 Å². The third kappa shape index (κ3) is 3.61. The van der Waals surface area contributed by atoms with Crippen LogP contribution in [0.25, 0.3) is 0 Å². The lowest BCUT2D eigenvalue weighted by Gasteiger charge is -2.42. The molecule has 1 saturated carbocycles. The van der Waals surface area contributed by atoms with Crippen molar-refractivity contribution in [1.82, 2.24) is 20.7 Å². The first-order valence-corrected chi connectivity index (χ1v) is 11.8. The fourth-order valence-corrected chi connectivity index (χ4v) is 6.15. The Morgan fingerprint density at radius 2 is 2.03 bits per heavy atom. The molecule has 7 nitrogen and oxygen atoms in total. The van der Waals surface area contributed by atoms with Crippen LogP contribution in [0.2, 0.25) is 0 Å². The van der Waals surface area contributed by atoms with Gasteiger partial charge in [-0.15, -0.1) is 0 Å². The lowest BCUT2D eigenvalue weighted by Crippen LogP contribution is -2.57. The van der Waals surface area contributed by atoms with Crippen LogP contribution in [0.3, 0.4) is 0 Å². The van der Waals surface area contributed by atoms with E-state index in [2.05, 4.69) is 64.1 Å². The van der Waals surface area contributed by atoms with Gasteiger partial charge in [-0.25, -0.2) is 10.4 Å². The number of carbonyl (C=O) groups excluding carboxylic acids is 1. The number of amides is 1. The number of piperidine rings is 1. The van der Waals surface area contributed by atoms with Crippen LogP contribution < -0.4 is 16.1 Å². The van der Waals surface area contributed by atoms with Crippen LogP contribution in [0.5, 0.6) is 0 Å². The quantitative estimate of drug-likeness (QED) is 0.677. The Balaban J connectivity index is 1.39. The molecule has 3 N–H and O–H groups in total. The molecule has 4 aliphatic rings. The van der Waals surface area contributed by atoms with Crippen LogP contribution in [-0.4, -0.2) is 46.1 Å². The summed E-state index contributed by atoms with van der Waals surface area (Å²) < 4.78 is 0. The van der Waals surface area contributed by atoms with Gasteiger partial charge in [-0.1, -0.05) is 18.9 Å². The molecule has 3 atom stereocenters. The number of anilines is 1. The molecule has 0 aromatic heterocycles. The number of hydrogen-bond acceptors (Lipinski definition) is 6. The molecule has 3 unspecified atom stereocenters. The van der Waals surface area contributed by atoms with Crippen molar-refractivity contribution in [1.29, 1.82) is 5.26 Å². The number of benzene rings is 1. The summed E-state index contributed by atoms with van der Waals surface area (Å²) in [6, 6.07) is 9.70. The average Bonchev–Trinajstić information content (AvgIpc) is 3.46. The highest BCUT2D eigenvalue weighted by atomic mass is 16.2. The molecule has 3 aliphatic heterocycles. The number of rotatable bonds is 5. The second-order valence-corrected chi connectivity index (χ2v) is 10.0. The maximum Gasteiger partial charge on any atom is 0.228 e. The highest BCUT2D eigenvalue weighted by molar-refractivity contribution is 5.82. The molecule has 1 amide bonds. The maximum atomic E-state index is 12.9. The second-order valence-electron chi connectivity index (χ2n) is 10.0. The van der Waals surface area contributed by atoms with E-state index in [1.807, 2.05) is 0 Å². The smallest absolute Gasteiger partial charge is 0.228 e. The average molecular weight is 423 g/mol. The molecule has 0 spiro atoms. The van der Waals surface area contributed by atoms with E-state index < -0.39 is 0 Å². The summed E-state index contributed by atoms with van der Waals surface area (Å²) >= 11 is 0. The molecule has 5 rings (SSSR count). The summed E-state index contributed by atoms with van der Waals surface area (Å²) in [5, 5.41) is 18.6. The number of carbonyl (C=O) groups is 1. The van der Waals surface area contributed by atoms with Crippen molar-refractivity contribution in [2.24, 2.45) is 5.92 Å². The Bertz CT molecular complexity index is 887. The van der Waals surface area contributed by atoms with Gasteiger partial charge in [-0.05, 0) is 56.4 Å². The number of fused-ring (bicyclic) bond motifs is 2. The summed E-state index contributed by atoms with van der Waals surface area (Å²) in [5.74, 6) is -0.0497. The second kappa shape index (κ2) is 8.09. The Morgan fingerprint density at radius 1 is 1.26 bits per heavy atom. The topological polar surface area (TPSA) is 83.4 Å². The zero-order chi connectivity index (χ0) is 21.6. The summed E-state index contributed by atoms with van der Waals surface area (Å²) in [6.07, 6.45) is 5.62. The Hall–Kier alpha value is -2.14. The number of nitrogens with one attached hydrogen (secondary N) is 3. The van der Waals surface area contributed by atoms with Gasteiger partial charge in [0.2, 0.25) is 5.91 Å². The minimum atomic E-state index is -0.165. The number of nitriles is 1. The highest BCUT2D eigenvalue weighted by Crippen LogP contribution is 2.43. The predicted octanol–water partition coefficient (Wildman–Crippen LogP) is 2.70. The van der Waals surface area contributed by atoms with E-state index in [0.29, 0.717) is 19.0 Å². The number of hydrazine groups is 1. The molecular weight excluding hydrogens is 388 g/mol. The highest BCUT2D eigenvalue weighted by Gasteiger charge is 2.54. The SMILES string of the molecule is CC(C)N1Cc2ccc(NC3NN(C4(CC#N)CCCC4)C4CCNC(=O)C34)cc2C1. The molecule has 7 heteroatoms. The molecule has 2 saturated heterocycles. The first-order chi connectivity index (χ1) is 15.0. The lowest BCUT2D eigenvalue weighted by molar-refractivity contribution is -0.128. The Labute approximate surface area is 185 Å². The minimum absolute atomic E-state index is 0.112. The third-order valence-electron chi connectivity index (χ3n) is 7.88. The maximum absolute atomic E-state index is 12.9. The van der Waals surface area contributed by atoms with Crippen LogP contribution in [0.1, 0.15) is 63.5 Å². The summed E-state index contributed by atoms with van der Waals surface area (Å²) in [7, 11) is 0. The number of hydrogen-bond donors (Lipinski definition) is 3. The zero-order valence-electron chi connectivity index (χ0n) is 18.7. The van der Waals surface area contributed by atoms with Crippen LogP contribution in [0.4, 0.5) is 5.69 Å². The van der Waals surface area contributed by atoms with Gasteiger partial charge in [0.15, 0.2) is 0 Å². The normalized spacial score (nSPS) is 30.1. The first-order valence-electron chi connectivity index (χ1n) is 11.8. The number of nitrogens with zero attached hydrogens (tertiary/aromatic N) is 3. The van der Waals surface area contributed by atoms with Crippen molar-refractivity contribution in [2.75, 3.05) is 11.9 Å². The van der Waals surface area contributed by atoms with Gasteiger partial charge in [0.25, 0.3) is 0 Å². The van der Waals surface area contributed by atoms with E-state index in [1.54, 1.807) is 0 Å². The van der Waals surface area contributed by atoms with E-state index >= 15 is 0 Å². The standard InChI is InChI=1S/C24H34N6O/c1-16(2)29-14-17-5-6-19(13-18(17)15-29)27-22-21-20(7-12-26-23(21)31)30(28-22)24(10-11-25)8-3-4-9-24/h5-6,13,16,20-22,27-28H,3-4,7-10,12,14-15H2,1-2H3,(H,26,31). The van der Waals surface area contributed by atoms with Gasteiger partial charge in [0, 0.05) is 42.9 Å². The van der Waals surface area contributed by atoms with Gasteiger partial charge in [0.1, 0.15) is 6.17 Å². The largest absolute Gasteiger partial charge is 0.368 e. The van der Waals surface area contributed by atoms with E-state index in [-0.39, 0.29) is 29.6 Å². The summed E-state index contributed by atoms with van der Waals surface area (Å²) in [5.41, 5.74) is 7.35. The van der Waals surface area contributed by atoms with Crippen LogP contribution >= 0.6 is 0 Å². The van der Waals surface area contributed by atoms with Crippen molar-refractivity contribution in [3.05, 3.63) is 29.3 Å². The third-order valence-corrected chi connectivity index (χ3v) is 7.88. The molecule has 166 valence electrons. The van der Waals surface area contributed by atoms with Gasteiger partial charge in [-0.3, -0.25) is 9.69 Å². The first kappa shape index (κ1) is 20.7. The van der Waals surface area contributed by atoms with Crippen molar-refractivity contribution < 1.29 is 4.79 Å². The van der Waals surface area contributed by atoms with Gasteiger partial charge < -0.3 is 10.6 Å². The fraction of sp³-hybridized carbons (Fsp3) is 0.667.